The molecule has 0 aromatic heterocycles. The third-order valence-corrected chi connectivity index (χ3v) is 2.00. The summed E-state index contributed by atoms with van der Waals surface area (Å²) in [6.07, 6.45) is -4.60. The number of carboxylic acid groups (broad SMARTS) is 1. The van der Waals surface area contributed by atoms with Crippen LogP contribution >= 0.6 is 0 Å². The minimum absolute atomic E-state index is 0.102. The zero-order valence-electron chi connectivity index (χ0n) is 11.1. The Balaban J connectivity index is 0.000000472. The summed E-state index contributed by atoms with van der Waals surface area (Å²) >= 11 is 0. The molecule has 8 nitrogen and oxygen atoms in total. The van der Waals surface area contributed by atoms with E-state index in [0.717, 1.165) is 6.07 Å². The number of carboxylic acids is 1. The molecule has 0 aliphatic carbocycles. The SMILES string of the molecule is CCOC(=O)C(=O)O.Nc1ccc(C(F)(F)F)cc1[N+](=O)[O-]. The van der Waals surface area contributed by atoms with Crippen molar-refractivity contribution < 1.29 is 37.5 Å². The largest absolute Gasteiger partial charge is 0.473 e. The highest BCUT2D eigenvalue weighted by Crippen LogP contribution is 2.33. The minimum Gasteiger partial charge on any atom is -0.473 e. The molecule has 0 saturated carbocycles. The number of esters is 1. The lowest BCUT2D eigenvalue weighted by Gasteiger charge is -2.06. The molecule has 0 unspecified atom stereocenters. The monoisotopic (exact) mass is 324 g/mol. The van der Waals surface area contributed by atoms with Crippen molar-refractivity contribution in [3.8, 4) is 0 Å². The van der Waals surface area contributed by atoms with E-state index in [1.807, 2.05) is 0 Å². The first-order valence-corrected chi connectivity index (χ1v) is 5.51. The molecule has 1 aromatic rings. The molecule has 0 radical (unpaired) electrons. The molecular formula is C11H11F3N2O6. The zero-order valence-corrected chi connectivity index (χ0v) is 11.1. The molecule has 0 saturated heterocycles. The molecule has 0 amide bonds. The van der Waals surface area contributed by atoms with Crippen LogP contribution in [0.5, 0.6) is 0 Å². The van der Waals surface area contributed by atoms with Gasteiger partial charge in [-0.05, 0) is 19.1 Å². The molecule has 0 spiro atoms. The molecule has 11 heteroatoms. The van der Waals surface area contributed by atoms with Gasteiger partial charge in [0.05, 0.1) is 17.1 Å². The van der Waals surface area contributed by atoms with Crippen molar-refractivity contribution in [3.05, 3.63) is 33.9 Å². The van der Waals surface area contributed by atoms with E-state index in [0.29, 0.717) is 12.1 Å². The average molecular weight is 324 g/mol. The molecule has 0 aliphatic heterocycles. The lowest BCUT2D eigenvalue weighted by atomic mass is 10.1. The van der Waals surface area contributed by atoms with Crippen molar-refractivity contribution in [2.24, 2.45) is 0 Å². The number of aliphatic carboxylic acids is 1. The van der Waals surface area contributed by atoms with Crippen molar-refractivity contribution in [2.75, 3.05) is 12.3 Å². The van der Waals surface area contributed by atoms with Crippen LogP contribution < -0.4 is 5.73 Å². The van der Waals surface area contributed by atoms with E-state index in [9.17, 15) is 32.9 Å². The number of alkyl halides is 3. The molecule has 0 heterocycles. The predicted octanol–water partition coefficient (Wildman–Crippen LogP) is 1.83. The van der Waals surface area contributed by atoms with Gasteiger partial charge in [0.15, 0.2) is 0 Å². The van der Waals surface area contributed by atoms with Crippen LogP contribution in [0.2, 0.25) is 0 Å². The maximum absolute atomic E-state index is 12.1. The summed E-state index contributed by atoms with van der Waals surface area (Å²) in [4.78, 5) is 28.8. The molecular weight excluding hydrogens is 313 g/mol. The fourth-order valence-electron chi connectivity index (χ4n) is 1.07. The van der Waals surface area contributed by atoms with E-state index < -0.39 is 34.3 Å². The lowest BCUT2D eigenvalue weighted by molar-refractivity contribution is -0.384. The van der Waals surface area contributed by atoms with Gasteiger partial charge < -0.3 is 15.6 Å². The highest BCUT2D eigenvalue weighted by Gasteiger charge is 2.32. The number of nitrogen functional groups attached to an aromatic ring is 1. The Morgan fingerprint density at radius 3 is 2.27 bits per heavy atom. The Morgan fingerprint density at radius 2 is 1.95 bits per heavy atom. The van der Waals surface area contributed by atoms with Gasteiger partial charge in [-0.2, -0.15) is 13.2 Å². The maximum atomic E-state index is 12.1. The van der Waals surface area contributed by atoms with E-state index in [1.54, 1.807) is 6.92 Å². The Morgan fingerprint density at radius 1 is 1.41 bits per heavy atom. The van der Waals surface area contributed by atoms with Crippen LogP contribution in [0, 0.1) is 10.1 Å². The first-order chi connectivity index (χ1) is 10.0. The van der Waals surface area contributed by atoms with Gasteiger partial charge in [0, 0.05) is 6.07 Å². The van der Waals surface area contributed by atoms with E-state index in [1.165, 1.54) is 0 Å². The summed E-state index contributed by atoms with van der Waals surface area (Å²) in [5.74, 6) is -2.75. The molecule has 0 bridgehead atoms. The second-order valence-corrected chi connectivity index (χ2v) is 3.55. The Hall–Kier alpha value is -2.85. The minimum atomic E-state index is -4.60. The molecule has 122 valence electrons. The maximum Gasteiger partial charge on any atom is 0.417 e. The van der Waals surface area contributed by atoms with Crippen LogP contribution in [-0.2, 0) is 20.5 Å². The van der Waals surface area contributed by atoms with E-state index in [4.69, 9.17) is 10.8 Å². The number of nitrogens with two attached hydrogens (primary N) is 1. The summed E-state index contributed by atoms with van der Waals surface area (Å²) in [7, 11) is 0. The van der Waals surface area contributed by atoms with Crippen LogP contribution in [-0.4, -0.2) is 28.6 Å². The molecule has 1 rings (SSSR count). The number of rotatable bonds is 2. The Bertz CT molecular complexity index is 573. The number of anilines is 1. The highest BCUT2D eigenvalue weighted by molar-refractivity contribution is 6.28. The van der Waals surface area contributed by atoms with Gasteiger partial charge in [-0.3, -0.25) is 10.1 Å². The average Bonchev–Trinajstić information content (AvgIpc) is 2.38. The van der Waals surface area contributed by atoms with Gasteiger partial charge >= 0.3 is 18.1 Å². The van der Waals surface area contributed by atoms with Crippen molar-refractivity contribution in [3.63, 3.8) is 0 Å². The van der Waals surface area contributed by atoms with Crippen LogP contribution in [0.1, 0.15) is 12.5 Å². The first kappa shape index (κ1) is 19.1. The lowest BCUT2D eigenvalue weighted by Crippen LogP contribution is -2.15. The molecule has 0 fully saturated rings. The fraction of sp³-hybridized carbons (Fsp3) is 0.273. The number of carbonyl (C=O) groups excluding carboxylic acids is 1. The predicted molar refractivity (Wildman–Crippen MR) is 66.8 cm³/mol. The quantitative estimate of drug-likeness (QED) is 0.279. The van der Waals surface area contributed by atoms with E-state index in [2.05, 4.69) is 4.74 Å². The molecule has 3 N–H and O–H groups in total. The van der Waals surface area contributed by atoms with Crippen molar-refractivity contribution >= 4 is 23.3 Å². The van der Waals surface area contributed by atoms with E-state index in [-0.39, 0.29) is 12.3 Å². The van der Waals surface area contributed by atoms with Crippen LogP contribution in [0.4, 0.5) is 24.5 Å². The van der Waals surface area contributed by atoms with Gasteiger partial charge in [0.2, 0.25) is 0 Å². The number of nitro benzene ring substituents is 1. The number of nitrogens with zero attached hydrogens (tertiary/aromatic N) is 1. The zero-order chi connectivity index (χ0) is 17.5. The summed E-state index contributed by atoms with van der Waals surface area (Å²) < 4.78 is 40.4. The summed E-state index contributed by atoms with van der Waals surface area (Å²) in [5, 5.41) is 18.1. The van der Waals surface area contributed by atoms with Gasteiger partial charge in [0.1, 0.15) is 5.69 Å². The molecule has 1 aromatic carbocycles. The van der Waals surface area contributed by atoms with Gasteiger partial charge in [-0.15, -0.1) is 0 Å². The third kappa shape index (κ3) is 6.07. The normalized spacial score (nSPS) is 10.2. The number of hydrogen-bond donors (Lipinski definition) is 2. The number of nitro groups is 1. The summed E-state index contributed by atoms with van der Waals surface area (Å²) in [5.41, 5.74) is 3.01. The van der Waals surface area contributed by atoms with Crippen molar-refractivity contribution in [2.45, 2.75) is 13.1 Å². The highest BCUT2D eigenvalue weighted by atomic mass is 19.4. The number of benzene rings is 1. The van der Waals surface area contributed by atoms with Gasteiger partial charge in [0.25, 0.3) is 5.69 Å². The van der Waals surface area contributed by atoms with Gasteiger partial charge in [-0.25, -0.2) is 9.59 Å². The Labute approximate surface area is 121 Å². The number of ether oxygens (including phenoxy) is 1. The first-order valence-electron chi connectivity index (χ1n) is 5.51. The topological polar surface area (TPSA) is 133 Å². The van der Waals surface area contributed by atoms with Crippen molar-refractivity contribution in [1.29, 1.82) is 0 Å². The van der Waals surface area contributed by atoms with Gasteiger partial charge in [-0.1, -0.05) is 0 Å². The molecule has 0 atom stereocenters. The Kier molecular flexibility index (Phi) is 6.80. The third-order valence-electron chi connectivity index (χ3n) is 2.00. The molecule has 0 aliphatic rings. The smallest absolute Gasteiger partial charge is 0.417 e. The second kappa shape index (κ2) is 7.81. The van der Waals surface area contributed by atoms with E-state index >= 15 is 0 Å². The van der Waals surface area contributed by atoms with Crippen LogP contribution in [0.3, 0.4) is 0 Å². The second-order valence-electron chi connectivity index (χ2n) is 3.55. The fourth-order valence-corrected chi connectivity index (χ4v) is 1.07. The summed E-state index contributed by atoms with van der Waals surface area (Å²) in [6.45, 7) is 1.64. The number of carbonyl (C=O) groups is 2. The van der Waals surface area contributed by atoms with Crippen molar-refractivity contribution in [1.82, 2.24) is 0 Å². The number of halogens is 3. The standard InChI is InChI=1S/C7H5F3N2O2.C4H6O4/c8-7(9,10)4-1-2-5(11)6(3-4)12(13)14;1-2-8-4(7)3(5)6/h1-3H,11H2;2H2,1H3,(H,5,6). The number of hydrogen-bond acceptors (Lipinski definition) is 6. The summed E-state index contributed by atoms with van der Waals surface area (Å²) in [6, 6.07) is 1.97. The molecule has 22 heavy (non-hydrogen) atoms. The van der Waals surface area contributed by atoms with Crippen LogP contribution in [0.15, 0.2) is 18.2 Å². The van der Waals surface area contributed by atoms with Crippen LogP contribution in [0.25, 0.3) is 0 Å².